The molecule has 0 spiro atoms. The average molecular weight is 291 g/mol. The van der Waals surface area contributed by atoms with Crippen LogP contribution < -0.4 is 5.32 Å². The molecule has 2 aromatic heterocycles. The highest BCUT2D eigenvalue weighted by atomic mass is 16.3. The zero-order valence-electron chi connectivity index (χ0n) is 13.5. The van der Waals surface area contributed by atoms with Crippen molar-refractivity contribution in [2.75, 3.05) is 11.9 Å². The number of aliphatic hydroxyl groups is 1. The number of aromatic nitrogens is 4. The van der Waals surface area contributed by atoms with Crippen molar-refractivity contribution in [2.45, 2.75) is 53.8 Å². The Hall–Kier alpha value is -1.82. The number of rotatable bonds is 6. The molecule has 0 amide bonds. The maximum atomic E-state index is 9.14. The summed E-state index contributed by atoms with van der Waals surface area (Å²) >= 11 is 0. The molecule has 0 aromatic carbocycles. The molecule has 2 N–H and O–H groups in total. The van der Waals surface area contributed by atoms with Gasteiger partial charge in [-0.05, 0) is 34.6 Å². The van der Waals surface area contributed by atoms with E-state index in [1.165, 1.54) is 5.56 Å². The van der Waals surface area contributed by atoms with Crippen LogP contribution in [0.5, 0.6) is 0 Å². The monoisotopic (exact) mass is 291 g/mol. The highest BCUT2D eigenvalue weighted by molar-refractivity contribution is 5.47. The van der Waals surface area contributed by atoms with Crippen LogP contribution in [0.4, 0.5) is 5.82 Å². The number of hydrogen-bond donors (Lipinski definition) is 2. The van der Waals surface area contributed by atoms with Gasteiger partial charge in [0.1, 0.15) is 5.82 Å². The third-order valence-electron chi connectivity index (χ3n) is 3.73. The van der Waals surface area contributed by atoms with Gasteiger partial charge in [-0.1, -0.05) is 0 Å². The zero-order chi connectivity index (χ0) is 15.6. The molecule has 2 rings (SSSR count). The molecular weight excluding hydrogens is 266 g/mol. The van der Waals surface area contributed by atoms with Crippen molar-refractivity contribution in [2.24, 2.45) is 0 Å². The topological polar surface area (TPSA) is 67.9 Å². The number of nitrogens with one attached hydrogen (secondary N) is 1. The highest BCUT2D eigenvalue weighted by Gasteiger charge is 2.12. The molecule has 6 heteroatoms. The molecule has 0 aliphatic rings. The summed E-state index contributed by atoms with van der Waals surface area (Å²) in [6.45, 7) is 11.6. The molecule has 0 radical (unpaired) electrons. The maximum Gasteiger partial charge on any atom is 0.127 e. The fourth-order valence-corrected chi connectivity index (χ4v) is 2.29. The SMILES string of the molecule is Cc1nn(C(C)C)cc1CNc1c(C)c(C)nn1CCO. The van der Waals surface area contributed by atoms with Crippen LogP contribution in [0.15, 0.2) is 6.20 Å². The van der Waals surface area contributed by atoms with Crippen molar-refractivity contribution in [3.8, 4) is 0 Å². The summed E-state index contributed by atoms with van der Waals surface area (Å²) in [4.78, 5) is 0. The molecule has 0 fully saturated rings. The molecule has 0 aliphatic heterocycles. The first-order valence-corrected chi connectivity index (χ1v) is 7.37. The third kappa shape index (κ3) is 3.26. The Balaban J connectivity index is 2.16. The Morgan fingerprint density at radius 3 is 2.48 bits per heavy atom. The van der Waals surface area contributed by atoms with Gasteiger partial charge in [0.25, 0.3) is 0 Å². The molecule has 0 saturated carbocycles. The second kappa shape index (κ2) is 6.30. The van der Waals surface area contributed by atoms with Gasteiger partial charge in [-0.25, -0.2) is 4.68 Å². The van der Waals surface area contributed by atoms with E-state index in [1.54, 1.807) is 0 Å². The lowest BCUT2D eigenvalue weighted by Crippen LogP contribution is -2.11. The first kappa shape index (κ1) is 15.6. The average Bonchev–Trinajstić information content (AvgIpc) is 2.91. The standard InChI is InChI=1S/C15H25N5O/c1-10(2)20-9-14(13(5)18-20)8-16-15-11(3)12(4)17-19(15)6-7-21/h9-10,16,21H,6-8H2,1-5H3. The van der Waals surface area contributed by atoms with E-state index in [4.69, 9.17) is 5.11 Å². The molecule has 21 heavy (non-hydrogen) atoms. The van der Waals surface area contributed by atoms with E-state index < -0.39 is 0 Å². The smallest absolute Gasteiger partial charge is 0.127 e. The number of hydrogen-bond acceptors (Lipinski definition) is 4. The minimum atomic E-state index is 0.0829. The van der Waals surface area contributed by atoms with Gasteiger partial charge in [0.05, 0.1) is 24.5 Å². The number of anilines is 1. The summed E-state index contributed by atoms with van der Waals surface area (Å²) < 4.78 is 3.81. The van der Waals surface area contributed by atoms with Crippen molar-refractivity contribution < 1.29 is 5.11 Å². The molecule has 0 bridgehead atoms. The number of nitrogens with zero attached hydrogens (tertiary/aromatic N) is 4. The first-order chi connectivity index (χ1) is 9.93. The predicted octanol–water partition coefficient (Wildman–Crippen LogP) is 2.19. The number of aryl methyl sites for hydroxylation is 2. The normalized spacial score (nSPS) is 11.4. The van der Waals surface area contributed by atoms with Crippen molar-refractivity contribution in [1.29, 1.82) is 0 Å². The summed E-state index contributed by atoms with van der Waals surface area (Å²) in [6, 6.07) is 0.362. The van der Waals surface area contributed by atoms with Gasteiger partial charge >= 0.3 is 0 Å². The highest BCUT2D eigenvalue weighted by Crippen LogP contribution is 2.20. The lowest BCUT2D eigenvalue weighted by molar-refractivity contribution is 0.270. The first-order valence-electron chi connectivity index (χ1n) is 7.37. The van der Waals surface area contributed by atoms with E-state index in [0.717, 1.165) is 22.8 Å². The third-order valence-corrected chi connectivity index (χ3v) is 3.73. The fraction of sp³-hybridized carbons (Fsp3) is 0.600. The second-order valence-electron chi connectivity index (χ2n) is 5.67. The Morgan fingerprint density at radius 2 is 1.90 bits per heavy atom. The molecule has 6 nitrogen and oxygen atoms in total. The summed E-state index contributed by atoms with van der Waals surface area (Å²) in [7, 11) is 0. The Kier molecular flexibility index (Phi) is 4.67. The van der Waals surface area contributed by atoms with Crippen molar-refractivity contribution in [3.05, 3.63) is 28.7 Å². The van der Waals surface area contributed by atoms with Crippen LogP contribution >= 0.6 is 0 Å². The van der Waals surface area contributed by atoms with E-state index >= 15 is 0 Å². The quantitative estimate of drug-likeness (QED) is 0.856. The minimum absolute atomic E-state index is 0.0829. The van der Waals surface area contributed by atoms with Gasteiger partial charge in [-0.2, -0.15) is 10.2 Å². The van der Waals surface area contributed by atoms with Crippen LogP contribution in [-0.4, -0.2) is 31.3 Å². The van der Waals surface area contributed by atoms with E-state index in [1.807, 2.05) is 30.1 Å². The largest absolute Gasteiger partial charge is 0.394 e. The second-order valence-corrected chi connectivity index (χ2v) is 5.67. The molecule has 2 aromatic rings. The Bertz CT molecular complexity index is 612. The fourth-order valence-electron chi connectivity index (χ4n) is 2.29. The van der Waals surface area contributed by atoms with Crippen LogP contribution in [0.1, 0.15) is 42.4 Å². The summed E-state index contributed by atoms with van der Waals surface area (Å²) in [6.07, 6.45) is 2.09. The van der Waals surface area contributed by atoms with Crippen LogP contribution in [0.25, 0.3) is 0 Å². The minimum Gasteiger partial charge on any atom is -0.394 e. The van der Waals surface area contributed by atoms with Crippen molar-refractivity contribution >= 4 is 5.82 Å². The molecule has 116 valence electrons. The molecule has 0 aliphatic carbocycles. The zero-order valence-corrected chi connectivity index (χ0v) is 13.5. The van der Waals surface area contributed by atoms with Crippen LogP contribution in [0.3, 0.4) is 0 Å². The Morgan fingerprint density at radius 1 is 1.19 bits per heavy atom. The predicted molar refractivity (Wildman–Crippen MR) is 83.5 cm³/mol. The summed E-state index contributed by atoms with van der Waals surface area (Å²) in [5.74, 6) is 0.971. The molecule has 2 heterocycles. The van der Waals surface area contributed by atoms with Crippen molar-refractivity contribution in [1.82, 2.24) is 19.6 Å². The molecule has 0 atom stereocenters. The molecule has 0 saturated heterocycles. The van der Waals surface area contributed by atoms with Gasteiger partial charge < -0.3 is 10.4 Å². The maximum absolute atomic E-state index is 9.14. The Labute approximate surface area is 125 Å². The number of aliphatic hydroxyl groups excluding tert-OH is 1. The van der Waals surface area contributed by atoms with E-state index in [-0.39, 0.29) is 6.61 Å². The van der Waals surface area contributed by atoms with Gasteiger partial charge in [0.2, 0.25) is 0 Å². The molecule has 0 unspecified atom stereocenters. The molecular formula is C15H25N5O. The van der Waals surface area contributed by atoms with E-state index in [2.05, 4.69) is 35.6 Å². The van der Waals surface area contributed by atoms with E-state index in [0.29, 0.717) is 19.1 Å². The van der Waals surface area contributed by atoms with Gasteiger partial charge in [0.15, 0.2) is 0 Å². The summed E-state index contributed by atoms with van der Waals surface area (Å²) in [5.41, 5.74) is 4.33. The van der Waals surface area contributed by atoms with E-state index in [9.17, 15) is 0 Å². The van der Waals surface area contributed by atoms with Crippen LogP contribution in [0, 0.1) is 20.8 Å². The van der Waals surface area contributed by atoms with Gasteiger partial charge in [-0.3, -0.25) is 4.68 Å². The van der Waals surface area contributed by atoms with Crippen LogP contribution in [0.2, 0.25) is 0 Å². The summed E-state index contributed by atoms with van der Waals surface area (Å²) in [5, 5.41) is 21.5. The lowest BCUT2D eigenvalue weighted by Gasteiger charge is -2.09. The van der Waals surface area contributed by atoms with Gasteiger partial charge in [-0.15, -0.1) is 0 Å². The van der Waals surface area contributed by atoms with Crippen molar-refractivity contribution in [3.63, 3.8) is 0 Å². The lowest BCUT2D eigenvalue weighted by atomic mass is 10.2. The van der Waals surface area contributed by atoms with Crippen LogP contribution in [-0.2, 0) is 13.1 Å². The van der Waals surface area contributed by atoms with Gasteiger partial charge in [0, 0.05) is 29.9 Å².